The topological polar surface area (TPSA) is 84.6 Å². The molecule has 30 heavy (non-hydrogen) atoms. The van der Waals surface area contributed by atoms with Crippen molar-refractivity contribution in [1.82, 2.24) is 5.48 Å². The van der Waals surface area contributed by atoms with Gasteiger partial charge in [-0.25, -0.2) is 0 Å². The van der Waals surface area contributed by atoms with Crippen molar-refractivity contribution in [2.45, 2.75) is 47.1 Å². The van der Waals surface area contributed by atoms with E-state index in [2.05, 4.69) is 32.5 Å². The molecular formula is C25H38N2O3. The van der Waals surface area contributed by atoms with E-state index in [9.17, 15) is 4.79 Å². The van der Waals surface area contributed by atoms with Crippen LogP contribution in [0.15, 0.2) is 79.0 Å². The van der Waals surface area contributed by atoms with Crippen LogP contribution in [0.5, 0.6) is 5.75 Å². The van der Waals surface area contributed by atoms with Crippen molar-refractivity contribution in [3.63, 3.8) is 0 Å². The summed E-state index contributed by atoms with van der Waals surface area (Å²) in [5.74, 6) is -0.324. The summed E-state index contributed by atoms with van der Waals surface area (Å²) in [6.45, 7) is 17.4. The highest BCUT2D eigenvalue weighted by molar-refractivity contribution is 5.94. The zero-order chi connectivity index (χ0) is 23.5. The van der Waals surface area contributed by atoms with Gasteiger partial charge in [-0.05, 0) is 55.7 Å². The van der Waals surface area contributed by atoms with Gasteiger partial charge < -0.3 is 15.7 Å². The largest absolute Gasteiger partial charge is 0.508 e. The van der Waals surface area contributed by atoms with Gasteiger partial charge in [-0.1, -0.05) is 69.9 Å². The van der Waals surface area contributed by atoms with E-state index in [0.29, 0.717) is 11.1 Å². The van der Waals surface area contributed by atoms with E-state index in [0.717, 1.165) is 11.1 Å². The van der Waals surface area contributed by atoms with Crippen LogP contribution in [0, 0.1) is 6.92 Å². The minimum atomic E-state index is -0.470. The van der Waals surface area contributed by atoms with Gasteiger partial charge in [0.05, 0.1) is 13.2 Å². The van der Waals surface area contributed by atoms with Crippen molar-refractivity contribution in [3.8, 4) is 5.75 Å². The fourth-order valence-corrected chi connectivity index (χ4v) is 2.35. The molecule has 1 aromatic rings. The lowest BCUT2D eigenvalue weighted by Crippen LogP contribution is -2.31. The van der Waals surface area contributed by atoms with Crippen LogP contribution in [-0.2, 0) is 4.84 Å². The normalized spacial score (nSPS) is 12.2. The molecule has 0 heterocycles. The Bertz CT molecular complexity index is 747. The molecule has 1 amide bonds. The highest BCUT2D eigenvalue weighted by atomic mass is 16.6. The number of carbonyl (C=O) groups is 1. The van der Waals surface area contributed by atoms with Gasteiger partial charge in [0.25, 0.3) is 0 Å². The molecule has 0 aliphatic rings. The van der Waals surface area contributed by atoms with Crippen molar-refractivity contribution < 1.29 is 14.7 Å². The molecule has 0 radical (unpaired) electrons. The molecule has 0 bridgehead atoms. The fourth-order valence-electron chi connectivity index (χ4n) is 2.35. The van der Waals surface area contributed by atoms with E-state index >= 15 is 0 Å². The first-order valence-corrected chi connectivity index (χ1v) is 9.89. The summed E-state index contributed by atoms with van der Waals surface area (Å²) in [6.07, 6.45) is 12.8. The first-order chi connectivity index (χ1) is 14.3. The number of hydrogen-bond acceptors (Lipinski definition) is 4. The highest BCUT2D eigenvalue weighted by Gasteiger charge is 2.13. The number of aryl methyl sites for hydroxylation is 1. The third-order valence-corrected chi connectivity index (χ3v) is 3.62. The predicted molar refractivity (Wildman–Crippen MR) is 128 cm³/mol. The number of phenols is 1. The Hall–Kier alpha value is -2.89. The molecule has 1 aromatic carbocycles. The summed E-state index contributed by atoms with van der Waals surface area (Å²) < 4.78 is 0. The van der Waals surface area contributed by atoms with Crippen LogP contribution in [0.3, 0.4) is 0 Å². The van der Waals surface area contributed by atoms with Crippen LogP contribution in [-0.4, -0.2) is 24.2 Å². The molecule has 166 valence electrons. The lowest BCUT2D eigenvalue weighted by Gasteiger charge is -2.19. The maximum atomic E-state index is 10.7. The molecule has 0 aliphatic carbocycles. The predicted octanol–water partition coefficient (Wildman–Crippen LogP) is 5.54. The zero-order valence-corrected chi connectivity index (χ0v) is 19.2. The molecule has 0 spiro atoms. The second-order valence-corrected chi connectivity index (χ2v) is 6.22. The molecule has 1 rings (SSSR count). The molecule has 5 heteroatoms. The van der Waals surface area contributed by atoms with Crippen molar-refractivity contribution in [3.05, 3.63) is 90.1 Å². The molecule has 4 N–H and O–H groups in total. The van der Waals surface area contributed by atoms with Gasteiger partial charge in [-0.3, -0.25) is 4.79 Å². The summed E-state index contributed by atoms with van der Waals surface area (Å²) in [7, 11) is 1.60. The maximum absolute atomic E-state index is 10.7. The van der Waals surface area contributed by atoms with Crippen molar-refractivity contribution in [2.24, 2.45) is 5.73 Å². The van der Waals surface area contributed by atoms with E-state index in [4.69, 9.17) is 15.7 Å². The minimum absolute atomic E-state index is 0.0262. The number of aromatic hydroxyl groups is 1. The van der Waals surface area contributed by atoms with Gasteiger partial charge in [-0.15, -0.1) is 0 Å². The van der Waals surface area contributed by atoms with Gasteiger partial charge in [0.15, 0.2) is 0 Å². The lowest BCUT2D eigenvalue weighted by molar-refractivity contribution is 0.0810. The first-order valence-electron chi connectivity index (χ1n) is 9.89. The van der Waals surface area contributed by atoms with Gasteiger partial charge in [-0.2, -0.15) is 5.48 Å². The van der Waals surface area contributed by atoms with Crippen LogP contribution in [0.25, 0.3) is 0 Å². The Morgan fingerprint density at radius 1 is 1.27 bits per heavy atom. The number of carbonyl (C=O) groups excluding carboxylic acids is 1. The number of hydrogen-bond donors (Lipinski definition) is 3. The summed E-state index contributed by atoms with van der Waals surface area (Å²) in [5.41, 5.74) is 11.3. The zero-order valence-electron chi connectivity index (χ0n) is 19.2. The summed E-state index contributed by atoms with van der Waals surface area (Å²) in [4.78, 5) is 15.7. The first kappa shape index (κ1) is 29.3. The van der Waals surface area contributed by atoms with Crippen molar-refractivity contribution in [1.29, 1.82) is 0 Å². The van der Waals surface area contributed by atoms with E-state index in [1.54, 1.807) is 20.1 Å². The molecular weight excluding hydrogens is 376 g/mol. The number of primary amides is 1. The third-order valence-electron chi connectivity index (χ3n) is 3.62. The smallest absolute Gasteiger partial charge is 0.248 e. The molecule has 0 aromatic heterocycles. The number of nitrogens with two attached hydrogens (primary N) is 1. The fraction of sp³-hybridized carbons (Fsp3) is 0.320. The second kappa shape index (κ2) is 18.2. The number of nitrogens with one attached hydrogen (secondary N) is 1. The maximum Gasteiger partial charge on any atom is 0.248 e. The van der Waals surface area contributed by atoms with Crippen LogP contribution < -0.4 is 11.2 Å². The van der Waals surface area contributed by atoms with Crippen LogP contribution >= 0.6 is 0 Å². The van der Waals surface area contributed by atoms with E-state index in [-0.39, 0.29) is 11.8 Å². The molecule has 0 fully saturated rings. The van der Waals surface area contributed by atoms with Gasteiger partial charge >= 0.3 is 0 Å². The third kappa shape index (κ3) is 11.8. The molecule has 5 nitrogen and oxygen atoms in total. The summed E-state index contributed by atoms with van der Waals surface area (Å²) in [6, 6.07) is 4.42. The average molecular weight is 415 g/mol. The Balaban J connectivity index is 0. The number of allylic oxidation sites excluding steroid dienone is 4. The Morgan fingerprint density at radius 2 is 1.87 bits per heavy atom. The molecule has 0 aliphatic heterocycles. The van der Waals surface area contributed by atoms with Gasteiger partial charge in [0.1, 0.15) is 5.75 Å². The van der Waals surface area contributed by atoms with E-state index < -0.39 is 5.91 Å². The standard InChI is InChI=1S/C14H21NO.C8H9NO2.C3H8/c1-6-10-13(11-7-2)14(15-16-5)12(8-3)9-4;1-5-4-6(10)2-3-7(5)8(9)11;1-3-2/h6-11,14-15H,1,3H2,2,4-5H3;2-4,10H,1H3,(H2,9,11);3H2,1-2H3/b11-7-,12-9+,13-10+;;. The summed E-state index contributed by atoms with van der Waals surface area (Å²) in [5, 5.41) is 8.97. The van der Waals surface area contributed by atoms with Crippen LogP contribution in [0.2, 0.25) is 0 Å². The van der Waals surface area contributed by atoms with E-state index in [1.165, 1.54) is 24.6 Å². The molecule has 0 saturated carbocycles. The molecule has 1 unspecified atom stereocenters. The lowest BCUT2D eigenvalue weighted by atomic mass is 9.98. The Morgan fingerprint density at radius 3 is 2.23 bits per heavy atom. The summed E-state index contributed by atoms with van der Waals surface area (Å²) >= 11 is 0. The number of benzene rings is 1. The molecule has 1 atom stereocenters. The Labute approximate surface area is 182 Å². The highest BCUT2D eigenvalue weighted by Crippen LogP contribution is 2.16. The van der Waals surface area contributed by atoms with Crippen LogP contribution in [0.1, 0.15) is 50.0 Å². The second-order valence-electron chi connectivity index (χ2n) is 6.22. The van der Waals surface area contributed by atoms with Gasteiger partial charge in [0.2, 0.25) is 5.91 Å². The van der Waals surface area contributed by atoms with Gasteiger partial charge in [0, 0.05) is 5.56 Å². The van der Waals surface area contributed by atoms with Crippen LogP contribution in [0.4, 0.5) is 0 Å². The minimum Gasteiger partial charge on any atom is -0.508 e. The monoisotopic (exact) mass is 414 g/mol. The van der Waals surface area contributed by atoms with Crippen molar-refractivity contribution in [2.75, 3.05) is 7.11 Å². The Kier molecular flexibility index (Phi) is 17.7. The quantitative estimate of drug-likeness (QED) is 0.385. The number of amides is 1. The van der Waals surface area contributed by atoms with Crippen molar-refractivity contribution >= 4 is 5.91 Å². The number of hydroxylamine groups is 1. The molecule has 0 saturated heterocycles. The van der Waals surface area contributed by atoms with E-state index in [1.807, 2.05) is 44.2 Å². The number of rotatable bonds is 8. The average Bonchev–Trinajstić information content (AvgIpc) is 2.69. The SMILES string of the molecule is C=C/C=C(\C=C/C)C(NOC)/C(C=C)=C/C.CCC.Cc1cc(O)ccc1C(N)=O. The number of phenolic OH excluding ortho intramolecular Hbond substituents is 1.